The Labute approximate surface area is 182 Å². The zero-order chi connectivity index (χ0) is 20.3. The summed E-state index contributed by atoms with van der Waals surface area (Å²) in [5.74, 6) is 1.14. The molecule has 1 N–H and O–H groups in total. The van der Waals surface area contributed by atoms with Crippen molar-refractivity contribution >= 4 is 28.3 Å². The van der Waals surface area contributed by atoms with Crippen molar-refractivity contribution in [1.82, 2.24) is 9.55 Å². The first-order valence-corrected chi connectivity index (χ1v) is 11.0. The van der Waals surface area contributed by atoms with Crippen LogP contribution in [0, 0.1) is 0 Å². The number of nitrogens with zero attached hydrogens (tertiary/aromatic N) is 3. The van der Waals surface area contributed by atoms with Crippen LogP contribution in [0.3, 0.4) is 0 Å². The average Bonchev–Trinajstić information content (AvgIpc) is 3.11. The van der Waals surface area contributed by atoms with Crippen LogP contribution in [0.1, 0.15) is 11.4 Å². The van der Waals surface area contributed by atoms with Gasteiger partial charge in [0, 0.05) is 17.3 Å². The minimum absolute atomic E-state index is 0.738. The molecule has 1 fully saturated rings. The highest BCUT2D eigenvalue weighted by Gasteiger charge is 2.23. The average molecular weight is 418 g/mol. The van der Waals surface area contributed by atoms with Crippen LogP contribution >= 0.6 is 11.6 Å². The third-order valence-electron chi connectivity index (χ3n) is 5.97. The molecule has 4 nitrogen and oxygen atoms in total. The first-order valence-electron chi connectivity index (χ1n) is 10.6. The Balaban J connectivity index is 1.37. The van der Waals surface area contributed by atoms with E-state index in [0.717, 1.165) is 61.1 Å². The summed E-state index contributed by atoms with van der Waals surface area (Å²) in [6, 6.07) is 27.4. The van der Waals surface area contributed by atoms with Crippen LogP contribution in [-0.4, -0.2) is 35.7 Å². The number of imidazole rings is 1. The standard InChI is InChI=1S/C25H25ClN4/c26-21-11-12-24-23(17-21)27-25(30(24)18-20-7-3-1-4-8-20)19-28-13-15-29(16-14-28)22-9-5-2-6-10-22/h1-12,17H,13-16,18-19H2/p+1. The van der Waals surface area contributed by atoms with E-state index in [4.69, 9.17) is 16.6 Å². The summed E-state index contributed by atoms with van der Waals surface area (Å²) in [5.41, 5.74) is 4.75. The van der Waals surface area contributed by atoms with Gasteiger partial charge in [-0.2, -0.15) is 0 Å². The Bertz CT molecular complexity index is 1120. The van der Waals surface area contributed by atoms with Gasteiger partial charge in [-0.1, -0.05) is 60.1 Å². The van der Waals surface area contributed by atoms with Crippen LogP contribution in [0.5, 0.6) is 0 Å². The molecule has 0 aliphatic carbocycles. The number of fused-ring (bicyclic) bond motifs is 1. The normalized spacial score (nSPS) is 15.0. The number of rotatable bonds is 5. The van der Waals surface area contributed by atoms with E-state index in [2.05, 4.69) is 76.2 Å². The molecule has 30 heavy (non-hydrogen) atoms. The lowest BCUT2D eigenvalue weighted by Gasteiger charge is -2.33. The molecule has 0 atom stereocenters. The minimum atomic E-state index is 0.738. The summed E-state index contributed by atoms with van der Waals surface area (Å²) < 4.78 is 2.36. The summed E-state index contributed by atoms with van der Waals surface area (Å²) in [6.07, 6.45) is 0. The monoisotopic (exact) mass is 417 g/mol. The molecular formula is C25H26ClN4+. The smallest absolute Gasteiger partial charge is 0.165 e. The van der Waals surface area contributed by atoms with E-state index in [-0.39, 0.29) is 0 Å². The van der Waals surface area contributed by atoms with Crippen LogP contribution in [0.15, 0.2) is 78.9 Å². The molecular weight excluding hydrogens is 392 g/mol. The predicted octanol–water partition coefficient (Wildman–Crippen LogP) is 3.64. The van der Waals surface area contributed by atoms with E-state index in [1.165, 1.54) is 11.3 Å². The van der Waals surface area contributed by atoms with E-state index in [9.17, 15) is 0 Å². The summed E-state index contributed by atoms with van der Waals surface area (Å²) in [5, 5.41) is 0.738. The summed E-state index contributed by atoms with van der Waals surface area (Å²) in [7, 11) is 0. The van der Waals surface area contributed by atoms with Gasteiger partial charge in [-0.15, -0.1) is 0 Å². The van der Waals surface area contributed by atoms with Crippen molar-refractivity contribution in [2.75, 3.05) is 31.1 Å². The highest BCUT2D eigenvalue weighted by Crippen LogP contribution is 2.22. The molecule has 5 rings (SSSR count). The van der Waals surface area contributed by atoms with Gasteiger partial charge in [-0.3, -0.25) is 0 Å². The molecule has 0 unspecified atom stereocenters. The molecule has 1 aliphatic heterocycles. The Morgan fingerprint density at radius 1 is 0.867 bits per heavy atom. The number of piperazine rings is 1. The maximum absolute atomic E-state index is 6.25. The van der Waals surface area contributed by atoms with Crippen LogP contribution in [0.4, 0.5) is 5.69 Å². The molecule has 1 aliphatic rings. The zero-order valence-corrected chi connectivity index (χ0v) is 17.7. The van der Waals surface area contributed by atoms with Gasteiger partial charge < -0.3 is 14.4 Å². The van der Waals surface area contributed by atoms with E-state index in [1.807, 2.05) is 12.1 Å². The number of hydrogen-bond acceptors (Lipinski definition) is 2. The van der Waals surface area contributed by atoms with Crippen LogP contribution in [0.2, 0.25) is 5.02 Å². The Kier molecular flexibility index (Phi) is 5.43. The van der Waals surface area contributed by atoms with Crippen molar-refractivity contribution in [2.45, 2.75) is 13.1 Å². The molecule has 2 heterocycles. The lowest BCUT2D eigenvalue weighted by Crippen LogP contribution is -3.13. The predicted molar refractivity (Wildman–Crippen MR) is 123 cm³/mol. The van der Waals surface area contributed by atoms with Crippen LogP contribution < -0.4 is 9.80 Å². The molecule has 152 valence electrons. The number of benzene rings is 3. The van der Waals surface area contributed by atoms with Gasteiger partial charge in [0.2, 0.25) is 0 Å². The van der Waals surface area contributed by atoms with E-state index >= 15 is 0 Å². The van der Waals surface area contributed by atoms with Crippen molar-refractivity contribution < 1.29 is 4.90 Å². The number of nitrogens with one attached hydrogen (secondary N) is 1. The van der Waals surface area contributed by atoms with Crippen LogP contribution in [0.25, 0.3) is 11.0 Å². The first kappa shape index (κ1) is 19.2. The van der Waals surface area contributed by atoms with E-state index < -0.39 is 0 Å². The molecule has 0 saturated carbocycles. The van der Waals surface area contributed by atoms with Gasteiger partial charge in [0.1, 0.15) is 6.54 Å². The lowest BCUT2D eigenvalue weighted by molar-refractivity contribution is -0.915. The highest BCUT2D eigenvalue weighted by molar-refractivity contribution is 6.31. The van der Waals surface area contributed by atoms with Crippen molar-refractivity contribution in [3.63, 3.8) is 0 Å². The van der Waals surface area contributed by atoms with Crippen LogP contribution in [-0.2, 0) is 13.1 Å². The van der Waals surface area contributed by atoms with Crippen molar-refractivity contribution in [3.8, 4) is 0 Å². The number of hydrogen-bond donors (Lipinski definition) is 1. The maximum Gasteiger partial charge on any atom is 0.165 e. The third-order valence-corrected chi connectivity index (χ3v) is 6.21. The van der Waals surface area contributed by atoms with Gasteiger partial charge in [0.15, 0.2) is 5.82 Å². The number of para-hydroxylation sites is 1. The van der Waals surface area contributed by atoms with Crippen molar-refractivity contribution in [2.24, 2.45) is 0 Å². The molecule has 5 heteroatoms. The second-order valence-electron chi connectivity index (χ2n) is 7.98. The minimum Gasteiger partial charge on any atom is -0.360 e. The number of quaternary nitrogens is 1. The summed E-state index contributed by atoms with van der Waals surface area (Å²) in [6.45, 7) is 6.14. The number of anilines is 1. The summed E-state index contributed by atoms with van der Waals surface area (Å²) in [4.78, 5) is 9.05. The molecule has 1 saturated heterocycles. The second kappa shape index (κ2) is 8.50. The van der Waals surface area contributed by atoms with Gasteiger partial charge in [0.05, 0.1) is 37.2 Å². The van der Waals surface area contributed by atoms with Gasteiger partial charge >= 0.3 is 0 Å². The molecule has 0 radical (unpaired) electrons. The number of halogens is 1. The van der Waals surface area contributed by atoms with E-state index in [1.54, 1.807) is 4.90 Å². The lowest BCUT2D eigenvalue weighted by atomic mass is 10.2. The molecule has 0 bridgehead atoms. The first-order chi connectivity index (χ1) is 14.8. The molecule has 4 aromatic rings. The molecule has 1 aromatic heterocycles. The van der Waals surface area contributed by atoms with Crippen molar-refractivity contribution in [3.05, 3.63) is 95.3 Å². The van der Waals surface area contributed by atoms with Crippen molar-refractivity contribution in [1.29, 1.82) is 0 Å². The second-order valence-corrected chi connectivity index (χ2v) is 8.42. The summed E-state index contributed by atoms with van der Waals surface area (Å²) >= 11 is 6.25. The largest absolute Gasteiger partial charge is 0.360 e. The topological polar surface area (TPSA) is 25.5 Å². The molecule has 0 spiro atoms. The molecule has 3 aromatic carbocycles. The fourth-order valence-corrected chi connectivity index (χ4v) is 4.52. The Morgan fingerprint density at radius 2 is 1.57 bits per heavy atom. The third kappa shape index (κ3) is 4.07. The zero-order valence-electron chi connectivity index (χ0n) is 17.0. The molecule has 0 amide bonds. The number of aromatic nitrogens is 2. The SMILES string of the molecule is Clc1ccc2c(c1)nc(C[NH+]1CCN(c3ccccc3)CC1)n2Cc1ccccc1. The van der Waals surface area contributed by atoms with Gasteiger partial charge in [0.25, 0.3) is 0 Å². The Morgan fingerprint density at radius 3 is 2.30 bits per heavy atom. The highest BCUT2D eigenvalue weighted by atomic mass is 35.5. The Hall–Kier alpha value is -2.82. The van der Waals surface area contributed by atoms with Gasteiger partial charge in [-0.05, 0) is 35.9 Å². The quantitative estimate of drug-likeness (QED) is 0.536. The fraction of sp³-hybridized carbons (Fsp3) is 0.240. The van der Waals surface area contributed by atoms with E-state index in [0.29, 0.717) is 0 Å². The van der Waals surface area contributed by atoms with Gasteiger partial charge in [-0.25, -0.2) is 4.98 Å². The maximum atomic E-state index is 6.25. The fourth-order valence-electron chi connectivity index (χ4n) is 4.35.